The maximum absolute atomic E-state index is 13.2. The van der Waals surface area contributed by atoms with E-state index in [1.165, 1.54) is 15.4 Å². The van der Waals surface area contributed by atoms with Crippen molar-refractivity contribution in [2.45, 2.75) is 44.4 Å². The number of benzene rings is 2. The van der Waals surface area contributed by atoms with Gasteiger partial charge < -0.3 is 4.90 Å². The van der Waals surface area contributed by atoms with Crippen LogP contribution in [-0.4, -0.2) is 55.5 Å². The maximum Gasteiger partial charge on any atom is 0.243 e. The van der Waals surface area contributed by atoms with Crippen molar-refractivity contribution in [2.24, 2.45) is 0 Å². The van der Waals surface area contributed by atoms with Gasteiger partial charge in [-0.1, -0.05) is 35.4 Å². The molecule has 1 heterocycles. The van der Waals surface area contributed by atoms with Gasteiger partial charge in [0.15, 0.2) is 0 Å². The normalized spacial score (nSPS) is 15.4. The zero-order valence-corrected chi connectivity index (χ0v) is 20.0. The summed E-state index contributed by atoms with van der Waals surface area (Å²) in [5.41, 5.74) is 4.99. The molecule has 30 heavy (non-hydrogen) atoms. The first-order valence-corrected chi connectivity index (χ1v) is 12.6. The van der Waals surface area contributed by atoms with Gasteiger partial charge in [-0.15, -0.1) is 11.8 Å². The Kier molecular flexibility index (Phi) is 6.95. The molecule has 0 N–H and O–H groups in total. The highest BCUT2D eigenvalue weighted by Gasteiger charge is 2.32. The van der Waals surface area contributed by atoms with Gasteiger partial charge in [0.05, 0.1) is 10.6 Å². The molecule has 0 bridgehead atoms. The van der Waals surface area contributed by atoms with Crippen LogP contribution in [0.5, 0.6) is 0 Å². The minimum absolute atomic E-state index is 0.0553. The smallest absolute Gasteiger partial charge is 0.243 e. The van der Waals surface area contributed by atoms with E-state index in [1.807, 2.05) is 32.9 Å². The maximum atomic E-state index is 13.2. The largest absolute Gasteiger partial charge is 0.339 e. The number of piperazine rings is 1. The molecule has 1 saturated heterocycles. The highest BCUT2D eigenvalue weighted by Crippen LogP contribution is 2.27. The molecule has 0 spiro atoms. The molecule has 1 aliphatic rings. The van der Waals surface area contributed by atoms with Crippen LogP contribution in [0.15, 0.2) is 40.1 Å². The number of carbonyl (C=O) groups is 1. The molecule has 3 rings (SSSR count). The molecule has 1 fully saturated rings. The number of aryl methyl sites for hydroxylation is 5. The van der Waals surface area contributed by atoms with E-state index in [9.17, 15) is 13.2 Å². The van der Waals surface area contributed by atoms with Crippen molar-refractivity contribution in [1.82, 2.24) is 9.21 Å². The van der Waals surface area contributed by atoms with Gasteiger partial charge in [-0.3, -0.25) is 4.79 Å². The number of sulfonamides is 1. The number of hydrogen-bond donors (Lipinski definition) is 0. The van der Waals surface area contributed by atoms with Gasteiger partial charge in [0.1, 0.15) is 0 Å². The van der Waals surface area contributed by atoms with E-state index in [2.05, 4.69) is 32.0 Å². The molecular formula is C23H30N2O3S2. The third-order valence-corrected chi connectivity index (χ3v) is 8.84. The van der Waals surface area contributed by atoms with Gasteiger partial charge in [-0.05, 0) is 57.4 Å². The van der Waals surface area contributed by atoms with Crippen molar-refractivity contribution in [3.05, 3.63) is 58.1 Å². The van der Waals surface area contributed by atoms with Crippen LogP contribution in [0.4, 0.5) is 0 Å². The van der Waals surface area contributed by atoms with Gasteiger partial charge in [-0.25, -0.2) is 8.42 Å². The van der Waals surface area contributed by atoms with E-state index in [0.29, 0.717) is 36.8 Å². The summed E-state index contributed by atoms with van der Waals surface area (Å²) in [7, 11) is -3.56. The van der Waals surface area contributed by atoms with Gasteiger partial charge >= 0.3 is 0 Å². The van der Waals surface area contributed by atoms with Crippen molar-refractivity contribution in [3.63, 3.8) is 0 Å². The number of thioether (sulfide) groups is 1. The summed E-state index contributed by atoms with van der Waals surface area (Å²) < 4.78 is 27.9. The van der Waals surface area contributed by atoms with Crippen molar-refractivity contribution in [2.75, 3.05) is 31.9 Å². The lowest BCUT2D eigenvalue weighted by molar-refractivity contribution is -0.129. The van der Waals surface area contributed by atoms with Crippen LogP contribution in [0.1, 0.15) is 27.8 Å². The van der Waals surface area contributed by atoms with Crippen LogP contribution in [0, 0.1) is 34.6 Å². The Morgan fingerprint density at radius 3 is 2.00 bits per heavy atom. The lowest BCUT2D eigenvalue weighted by Gasteiger charge is -2.34. The number of carbonyl (C=O) groups excluding carboxylic acids is 1. The van der Waals surface area contributed by atoms with Gasteiger partial charge in [-0.2, -0.15) is 4.31 Å². The molecule has 2 aromatic carbocycles. The summed E-state index contributed by atoms with van der Waals surface area (Å²) >= 11 is 1.54. The predicted molar refractivity (Wildman–Crippen MR) is 123 cm³/mol. The zero-order chi connectivity index (χ0) is 22.1. The Balaban J connectivity index is 1.62. The average molecular weight is 447 g/mol. The molecule has 7 heteroatoms. The second-order valence-electron chi connectivity index (χ2n) is 8.07. The molecule has 0 saturated carbocycles. The third kappa shape index (κ3) is 4.90. The molecule has 0 unspecified atom stereocenters. The number of nitrogens with zero attached hydrogens (tertiary/aromatic N) is 2. The second-order valence-corrected chi connectivity index (χ2v) is 11.0. The molecule has 0 aliphatic carbocycles. The van der Waals surface area contributed by atoms with Crippen LogP contribution >= 0.6 is 11.8 Å². The highest BCUT2D eigenvalue weighted by molar-refractivity contribution is 8.00. The molecule has 0 radical (unpaired) electrons. The molecule has 1 amide bonds. The minimum atomic E-state index is -3.56. The van der Waals surface area contributed by atoms with Crippen LogP contribution in [0.25, 0.3) is 0 Å². The number of rotatable bonds is 5. The van der Waals surface area contributed by atoms with E-state index in [4.69, 9.17) is 0 Å². The highest BCUT2D eigenvalue weighted by atomic mass is 32.2. The van der Waals surface area contributed by atoms with E-state index >= 15 is 0 Å². The van der Waals surface area contributed by atoms with Crippen LogP contribution < -0.4 is 0 Å². The average Bonchev–Trinajstić information content (AvgIpc) is 2.66. The van der Waals surface area contributed by atoms with E-state index in [-0.39, 0.29) is 5.91 Å². The first-order valence-electron chi connectivity index (χ1n) is 10.2. The summed E-state index contributed by atoms with van der Waals surface area (Å²) in [5, 5.41) is 0. The Bertz CT molecular complexity index is 1030. The number of amides is 1. The van der Waals surface area contributed by atoms with E-state index < -0.39 is 10.0 Å². The zero-order valence-electron chi connectivity index (χ0n) is 18.4. The first-order chi connectivity index (χ1) is 14.1. The monoisotopic (exact) mass is 446 g/mol. The summed E-state index contributed by atoms with van der Waals surface area (Å²) in [6, 6.07) is 10.0. The summed E-state index contributed by atoms with van der Waals surface area (Å²) in [4.78, 5) is 15.9. The Hall–Kier alpha value is -1.83. The second kappa shape index (κ2) is 9.12. The van der Waals surface area contributed by atoms with Crippen LogP contribution in [0.3, 0.4) is 0 Å². The van der Waals surface area contributed by atoms with E-state index in [0.717, 1.165) is 21.6 Å². The molecule has 5 nitrogen and oxygen atoms in total. The Labute approximate surface area is 184 Å². The summed E-state index contributed by atoms with van der Waals surface area (Å²) in [5.74, 6) is 0.423. The van der Waals surface area contributed by atoms with E-state index in [1.54, 1.807) is 16.7 Å². The Morgan fingerprint density at radius 1 is 0.867 bits per heavy atom. The topological polar surface area (TPSA) is 57.7 Å². The quantitative estimate of drug-likeness (QED) is 0.655. The van der Waals surface area contributed by atoms with Crippen molar-refractivity contribution in [3.8, 4) is 0 Å². The minimum Gasteiger partial charge on any atom is -0.339 e. The fourth-order valence-corrected chi connectivity index (χ4v) is 6.82. The molecule has 0 atom stereocenters. The van der Waals surface area contributed by atoms with Crippen molar-refractivity contribution >= 4 is 27.7 Å². The van der Waals surface area contributed by atoms with Crippen molar-refractivity contribution < 1.29 is 13.2 Å². The summed E-state index contributed by atoms with van der Waals surface area (Å²) in [6.45, 7) is 11.3. The summed E-state index contributed by atoms with van der Waals surface area (Å²) in [6.07, 6.45) is 0. The van der Waals surface area contributed by atoms with Crippen LogP contribution in [0.2, 0.25) is 0 Å². The lowest BCUT2D eigenvalue weighted by atomic mass is 10.1. The molecule has 0 aromatic heterocycles. The fourth-order valence-electron chi connectivity index (χ4n) is 4.07. The SMILES string of the molecule is Cc1ccc(SCC(=O)N2CCN(S(=O)(=O)c3c(C)cc(C)cc3C)CC2)c(C)c1. The van der Waals surface area contributed by atoms with Gasteiger partial charge in [0.25, 0.3) is 0 Å². The van der Waals surface area contributed by atoms with Gasteiger partial charge in [0.2, 0.25) is 15.9 Å². The standard InChI is InChI=1S/C23H30N2O3S2/c1-16-6-7-21(18(3)12-16)29-15-22(26)24-8-10-25(11-9-24)30(27,28)23-19(4)13-17(2)14-20(23)5/h6-7,12-14H,8-11,15H2,1-5H3. The molecular weight excluding hydrogens is 416 g/mol. The van der Waals surface area contributed by atoms with Gasteiger partial charge in [0, 0.05) is 31.1 Å². The predicted octanol–water partition coefficient (Wildman–Crippen LogP) is 3.85. The van der Waals surface area contributed by atoms with Crippen molar-refractivity contribution in [1.29, 1.82) is 0 Å². The third-order valence-electron chi connectivity index (χ3n) is 5.48. The fraction of sp³-hybridized carbons (Fsp3) is 0.435. The molecule has 2 aromatic rings. The molecule has 1 aliphatic heterocycles. The van der Waals surface area contributed by atoms with Crippen LogP contribution in [-0.2, 0) is 14.8 Å². The lowest BCUT2D eigenvalue weighted by Crippen LogP contribution is -2.51. The molecule has 162 valence electrons. The Morgan fingerprint density at radius 2 is 1.43 bits per heavy atom. The first kappa shape index (κ1) is 22.8. The number of hydrogen-bond acceptors (Lipinski definition) is 4.